The third kappa shape index (κ3) is 3.06. The molecule has 1 saturated heterocycles. The molecule has 1 aliphatic heterocycles. The lowest BCUT2D eigenvalue weighted by Gasteiger charge is -2.26. The summed E-state index contributed by atoms with van der Waals surface area (Å²) >= 11 is 1.49. The van der Waals surface area contributed by atoms with Crippen LogP contribution in [0, 0.1) is 5.92 Å². The Morgan fingerprint density at radius 1 is 1.41 bits per heavy atom. The molecule has 0 spiro atoms. The predicted molar refractivity (Wildman–Crippen MR) is 65.9 cm³/mol. The zero-order chi connectivity index (χ0) is 12.3. The second-order valence-corrected chi connectivity index (χ2v) is 5.64. The van der Waals surface area contributed by atoms with Crippen LogP contribution in [0.2, 0.25) is 0 Å². The summed E-state index contributed by atoms with van der Waals surface area (Å²) in [7, 11) is 0. The minimum atomic E-state index is -0.913. The average molecular weight is 258 g/mol. The number of carboxylic acid groups (broad SMARTS) is 1. The van der Waals surface area contributed by atoms with Crippen molar-refractivity contribution in [1.29, 1.82) is 0 Å². The molecular weight excluding hydrogens is 240 g/mol. The van der Waals surface area contributed by atoms with Crippen LogP contribution < -0.4 is 5.32 Å². The Bertz CT molecular complexity index is 307. The lowest BCUT2D eigenvalue weighted by Crippen LogP contribution is -2.47. The fraction of sp³-hybridized carbons (Fsp3) is 0.818. The fourth-order valence-corrected chi connectivity index (χ4v) is 3.26. The number of urea groups is 1. The summed E-state index contributed by atoms with van der Waals surface area (Å²) in [5.41, 5.74) is 0. The Hall–Kier alpha value is -0.910. The molecule has 2 rings (SSSR count). The highest BCUT2D eigenvalue weighted by molar-refractivity contribution is 7.99. The molecule has 1 atom stereocenters. The Morgan fingerprint density at radius 3 is 2.76 bits per heavy atom. The van der Waals surface area contributed by atoms with Crippen LogP contribution in [-0.4, -0.2) is 46.2 Å². The molecule has 0 bridgehead atoms. The van der Waals surface area contributed by atoms with Crippen molar-refractivity contribution in [1.82, 2.24) is 10.2 Å². The van der Waals surface area contributed by atoms with Crippen LogP contribution >= 0.6 is 11.8 Å². The number of carboxylic acids is 1. The summed E-state index contributed by atoms with van der Waals surface area (Å²) in [6.45, 7) is 0.664. The lowest BCUT2D eigenvalue weighted by molar-refractivity contribution is -0.140. The normalized spacial score (nSPS) is 24.5. The minimum absolute atomic E-state index is 0.235. The molecule has 17 heavy (non-hydrogen) atoms. The highest BCUT2D eigenvalue weighted by atomic mass is 32.2. The van der Waals surface area contributed by atoms with Gasteiger partial charge in [0.2, 0.25) is 0 Å². The summed E-state index contributed by atoms with van der Waals surface area (Å²) in [6.07, 6.45) is 4.87. The van der Waals surface area contributed by atoms with Gasteiger partial charge in [-0.05, 0) is 12.3 Å². The Balaban J connectivity index is 1.72. The number of nitrogens with zero attached hydrogens (tertiary/aromatic N) is 1. The van der Waals surface area contributed by atoms with E-state index in [-0.39, 0.29) is 6.03 Å². The predicted octanol–water partition coefficient (Wildman–Crippen LogP) is 1.35. The molecule has 1 aliphatic carbocycles. The second-order valence-electron chi connectivity index (χ2n) is 4.64. The van der Waals surface area contributed by atoms with E-state index >= 15 is 0 Å². The van der Waals surface area contributed by atoms with Crippen LogP contribution in [0.25, 0.3) is 0 Å². The quantitative estimate of drug-likeness (QED) is 0.798. The van der Waals surface area contributed by atoms with Gasteiger partial charge in [-0.3, -0.25) is 0 Å². The number of thioether (sulfide) groups is 1. The van der Waals surface area contributed by atoms with E-state index in [9.17, 15) is 9.59 Å². The highest BCUT2D eigenvalue weighted by Gasteiger charge is 2.34. The van der Waals surface area contributed by atoms with Crippen molar-refractivity contribution in [2.45, 2.75) is 31.7 Å². The van der Waals surface area contributed by atoms with Gasteiger partial charge < -0.3 is 15.3 Å². The first-order valence-electron chi connectivity index (χ1n) is 6.03. The number of hydrogen-bond donors (Lipinski definition) is 2. The standard InChI is InChI=1S/C11H18N2O3S/c14-10(15)9-6-17-7-13(9)11(16)12-5-4-8-2-1-3-8/h8-9H,1-7H2,(H,12,16)(H,14,15)/t9-/m0/s1. The maximum absolute atomic E-state index is 11.8. The van der Waals surface area contributed by atoms with E-state index in [1.165, 1.54) is 35.9 Å². The van der Waals surface area contributed by atoms with E-state index in [0.29, 0.717) is 18.2 Å². The Labute approximate surface area is 105 Å². The van der Waals surface area contributed by atoms with E-state index in [1.807, 2.05) is 0 Å². The highest BCUT2D eigenvalue weighted by Crippen LogP contribution is 2.28. The van der Waals surface area contributed by atoms with Crippen LogP contribution in [0.4, 0.5) is 4.79 Å². The first-order chi connectivity index (χ1) is 8.18. The topological polar surface area (TPSA) is 69.6 Å². The third-order valence-electron chi connectivity index (χ3n) is 3.48. The summed E-state index contributed by atoms with van der Waals surface area (Å²) in [6, 6.07) is -0.898. The van der Waals surface area contributed by atoms with Crippen molar-refractivity contribution in [2.75, 3.05) is 18.2 Å². The van der Waals surface area contributed by atoms with Crippen LogP contribution in [0.5, 0.6) is 0 Å². The maximum atomic E-state index is 11.8. The summed E-state index contributed by atoms with van der Waals surface area (Å²) < 4.78 is 0. The van der Waals surface area contributed by atoms with E-state index in [4.69, 9.17) is 5.11 Å². The van der Waals surface area contributed by atoms with Gasteiger partial charge in [0.15, 0.2) is 0 Å². The molecule has 2 aliphatic rings. The van der Waals surface area contributed by atoms with Crippen LogP contribution in [0.15, 0.2) is 0 Å². The molecule has 0 unspecified atom stereocenters. The van der Waals surface area contributed by atoms with Gasteiger partial charge in [0.25, 0.3) is 0 Å². The first kappa shape index (κ1) is 12.5. The third-order valence-corrected chi connectivity index (χ3v) is 4.49. The van der Waals surface area contributed by atoms with Gasteiger partial charge in [0, 0.05) is 12.3 Å². The van der Waals surface area contributed by atoms with Gasteiger partial charge in [0.1, 0.15) is 6.04 Å². The van der Waals surface area contributed by atoms with Crippen molar-refractivity contribution in [3.05, 3.63) is 0 Å². The van der Waals surface area contributed by atoms with E-state index in [1.54, 1.807) is 0 Å². The summed E-state index contributed by atoms with van der Waals surface area (Å²) in [5, 5.41) is 11.8. The summed E-state index contributed by atoms with van der Waals surface area (Å²) in [4.78, 5) is 24.1. The molecule has 0 aromatic heterocycles. The lowest BCUT2D eigenvalue weighted by atomic mass is 9.83. The molecule has 6 heteroatoms. The minimum Gasteiger partial charge on any atom is -0.480 e. The number of carbonyl (C=O) groups is 2. The molecule has 2 N–H and O–H groups in total. The zero-order valence-corrected chi connectivity index (χ0v) is 10.5. The Kier molecular flexibility index (Phi) is 4.15. The van der Waals surface area contributed by atoms with Crippen molar-refractivity contribution in [3.63, 3.8) is 0 Å². The number of aliphatic carboxylic acids is 1. The molecule has 1 saturated carbocycles. The molecule has 5 nitrogen and oxygen atoms in total. The molecule has 0 radical (unpaired) electrons. The molecule has 1 heterocycles. The fourth-order valence-electron chi connectivity index (χ4n) is 2.11. The molecule has 0 aromatic rings. The van der Waals surface area contributed by atoms with Crippen molar-refractivity contribution >= 4 is 23.8 Å². The monoisotopic (exact) mass is 258 g/mol. The number of amides is 2. The average Bonchev–Trinajstić information content (AvgIpc) is 2.70. The van der Waals surface area contributed by atoms with E-state index in [0.717, 1.165) is 12.3 Å². The number of carbonyl (C=O) groups excluding carboxylic acids is 1. The smallest absolute Gasteiger partial charge is 0.327 e. The number of nitrogens with one attached hydrogen (secondary N) is 1. The zero-order valence-electron chi connectivity index (χ0n) is 9.72. The van der Waals surface area contributed by atoms with Gasteiger partial charge in [-0.2, -0.15) is 0 Å². The van der Waals surface area contributed by atoms with Gasteiger partial charge in [-0.25, -0.2) is 9.59 Å². The second kappa shape index (κ2) is 5.62. The molecule has 96 valence electrons. The van der Waals surface area contributed by atoms with Gasteiger partial charge in [0.05, 0.1) is 5.88 Å². The van der Waals surface area contributed by atoms with Crippen LogP contribution in [0.3, 0.4) is 0 Å². The first-order valence-corrected chi connectivity index (χ1v) is 7.19. The molecule has 2 amide bonds. The largest absolute Gasteiger partial charge is 0.480 e. The van der Waals surface area contributed by atoms with Crippen molar-refractivity contribution < 1.29 is 14.7 Å². The van der Waals surface area contributed by atoms with Crippen molar-refractivity contribution in [2.24, 2.45) is 5.92 Å². The SMILES string of the molecule is O=C(O)[C@@H]1CSCN1C(=O)NCCC1CCC1. The molecular formula is C11H18N2O3S. The molecule has 0 aromatic carbocycles. The van der Waals surface area contributed by atoms with Crippen LogP contribution in [0.1, 0.15) is 25.7 Å². The van der Waals surface area contributed by atoms with Crippen molar-refractivity contribution in [3.8, 4) is 0 Å². The number of hydrogen-bond acceptors (Lipinski definition) is 3. The summed E-state index contributed by atoms with van der Waals surface area (Å²) in [5.74, 6) is 0.820. The van der Waals surface area contributed by atoms with E-state index < -0.39 is 12.0 Å². The molecule has 2 fully saturated rings. The maximum Gasteiger partial charge on any atom is 0.327 e. The van der Waals surface area contributed by atoms with Gasteiger partial charge in [-0.1, -0.05) is 19.3 Å². The van der Waals surface area contributed by atoms with Crippen LogP contribution in [-0.2, 0) is 4.79 Å². The van der Waals surface area contributed by atoms with Gasteiger partial charge >= 0.3 is 12.0 Å². The number of rotatable bonds is 4. The van der Waals surface area contributed by atoms with E-state index in [2.05, 4.69) is 5.32 Å². The Morgan fingerprint density at radius 2 is 2.18 bits per heavy atom. The van der Waals surface area contributed by atoms with Gasteiger partial charge in [-0.15, -0.1) is 11.8 Å².